The van der Waals surface area contributed by atoms with Gasteiger partial charge < -0.3 is 10.0 Å². The summed E-state index contributed by atoms with van der Waals surface area (Å²) >= 11 is 0. The molecule has 22 heavy (non-hydrogen) atoms. The first kappa shape index (κ1) is 15.9. The summed E-state index contributed by atoms with van der Waals surface area (Å²) in [5.41, 5.74) is -0.117. The Hall–Kier alpha value is -2.43. The molecule has 0 bridgehead atoms. The number of aliphatic carboxylic acids is 1. The molecule has 1 aromatic carbocycles. The Morgan fingerprint density at radius 3 is 2.64 bits per heavy atom. The molecule has 2 rings (SSSR count). The molecule has 116 valence electrons. The normalized spacial score (nSPS) is 22.4. The summed E-state index contributed by atoms with van der Waals surface area (Å²) in [4.78, 5) is 36.4. The molecule has 1 aliphatic heterocycles. The molecule has 0 spiro atoms. The minimum atomic E-state index is -1.27. The number of amides is 1. The maximum atomic E-state index is 12.3. The number of carboxylic acid groups (broad SMARTS) is 1. The number of rotatable bonds is 6. The van der Waals surface area contributed by atoms with E-state index in [0.29, 0.717) is 6.29 Å². The summed E-state index contributed by atoms with van der Waals surface area (Å²) in [7, 11) is 0. The average Bonchev–Trinajstić information content (AvgIpc) is 2.85. The second-order valence-corrected chi connectivity index (χ2v) is 5.82. The van der Waals surface area contributed by atoms with Gasteiger partial charge in [0, 0.05) is 13.0 Å². The molecule has 0 saturated carbocycles. The van der Waals surface area contributed by atoms with Crippen LogP contribution in [-0.4, -0.2) is 34.7 Å². The molecule has 0 aromatic heterocycles. The van der Waals surface area contributed by atoms with Crippen molar-refractivity contribution in [3.63, 3.8) is 0 Å². The lowest BCUT2D eigenvalue weighted by Gasteiger charge is -2.28. The largest absolute Gasteiger partial charge is 0.481 e. The molecular weight excluding hydrogens is 282 g/mol. The van der Waals surface area contributed by atoms with Crippen LogP contribution in [-0.2, 0) is 14.4 Å². The molecule has 2 atom stereocenters. The molecule has 5 nitrogen and oxygen atoms in total. The summed E-state index contributed by atoms with van der Waals surface area (Å²) in [6, 6.07) is 9.25. The summed E-state index contributed by atoms with van der Waals surface area (Å²) < 4.78 is 0. The highest BCUT2D eigenvalue weighted by Gasteiger charge is 2.50. The number of allylic oxidation sites excluding steroid dienone is 1. The molecule has 1 N–H and O–H groups in total. The van der Waals surface area contributed by atoms with Crippen LogP contribution in [0.15, 0.2) is 42.5 Å². The summed E-state index contributed by atoms with van der Waals surface area (Å²) in [6.07, 6.45) is 0.445. The molecule has 1 heterocycles. The molecule has 0 aliphatic carbocycles. The number of carboxylic acids is 1. The van der Waals surface area contributed by atoms with Gasteiger partial charge in [-0.2, -0.15) is 0 Å². The summed E-state index contributed by atoms with van der Waals surface area (Å²) in [5, 5.41) is 9.56. The Balaban J connectivity index is 2.26. The van der Waals surface area contributed by atoms with Gasteiger partial charge in [-0.05, 0) is 24.5 Å². The second kappa shape index (κ2) is 6.13. The van der Waals surface area contributed by atoms with Crippen LogP contribution < -0.4 is 0 Å². The van der Waals surface area contributed by atoms with Crippen molar-refractivity contribution < 1.29 is 19.5 Å². The number of hydrogen-bond donors (Lipinski definition) is 1. The maximum Gasteiger partial charge on any atom is 0.312 e. The fraction of sp³-hybridized carbons (Fsp3) is 0.353. The van der Waals surface area contributed by atoms with Gasteiger partial charge in [0.2, 0.25) is 5.91 Å². The average molecular weight is 301 g/mol. The minimum absolute atomic E-state index is 0.00438. The van der Waals surface area contributed by atoms with Gasteiger partial charge in [0.05, 0.1) is 11.5 Å². The maximum absolute atomic E-state index is 12.3. The van der Waals surface area contributed by atoms with E-state index in [-0.39, 0.29) is 36.9 Å². The number of nitrogens with zero attached hydrogens (tertiary/aromatic N) is 1. The lowest BCUT2D eigenvalue weighted by Crippen LogP contribution is -2.36. The van der Waals surface area contributed by atoms with Crippen molar-refractivity contribution in [2.24, 2.45) is 5.41 Å². The molecule has 1 aromatic rings. The number of likely N-dealkylation sites (tertiary alicyclic amines) is 1. The number of hydrogen-bond acceptors (Lipinski definition) is 3. The van der Waals surface area contributed by atoms with E-state index in [2.05, 4.69) is 6.58 Å². The van der Waals surface area contributed by atoms with Gasteiger partial charge in [0.25, 0.3) is 0 Å². The number of carbonyl (C=O) groups is 3. The van der Waals surface area contributed by atoms with Crippen LogP contribution >= 0.6 is 0 Å². The predicted molar refractivity (Wildman–Crippen MR) is 81.1 cm³/mol. The van der Waals surface area contributed by atoms with Gasteiger partial charge in [0.15, 0.2) is 0 Å². The van der Waals surface area contributed by atoms with Crippen molar-refractivity contribution >= 4 is 18.2 Å². The van der Waals surface area contributed by atoms with E-state index < -0.39 is 11.4 Å². The molecule has 0 radical (unpaired) electrons. The number of benzene rings is 1. The van der Waals surface area contributed by atoms with Gasteiger partial charge in [0.1, 0.15) is 6.29 Å². The fourth-order valence-electron chi connectivity index (χ4n) is 2.94. The number of aldehydes is 1. The highest BCUT2D eigenvalue weighted by molar-refractivity contribution is 5.90. The molecular formula is C17H19NO4. The lowest BCUT2D eigenvalue weighted by atomic mass is 9.81. The Bertz CT molecular complexity index is 610. The third kappa shape index (κ3) is 2.93. The molecule has 1 saturated heterocycles. The van der Waals surface area contributed by atoms with Crippen molar-refractivity contribution in [3.8, 4) is 0 Å². The first-order valence-corrected chi connectivity index (χ1v) is 7.10. The molecule has 0 unspecified atom stereocenters. The van der Waals surface area contributed by atoms with Crippen molar-refractivity contribution in [2.45, 2.75) is 25.8 Å². The SMILES string of the molecule is C=C(C=O)C[C@]1(C(=O)O)CC(=O)N([C@H](C)c2ccccc2)C1. The first-order valence-electron chi connectivity index (χ1n) is 7.10. The van der Waals surface area contributed by atoms with Gasteiger partial charge in [-0.1, -0.05) is 36.9 Å². The van der Waals surface area contributed by atoms with E-state index >= 15 is 0 Å². The Kier molecular flexibility index (Phi) is 4.45. The standard InChI is InChI=1S/C17H19NO4/c1-12(10-19)8-17(16(21)22)9-15(20)18(11-17)13(2)14-6-4-3-5-7-14/h3-7,10,13H,1,8-9,11H2,2H3,(H,21,22)/t13-,17+/m1/s1. The van der Waals surface area contributed by atoms with Crippen molar-refractivity contribution in [1.82, 2.24) is 4.90 Å². The predicted octanol–water partition coefficient (Wildman–Crippen LogP) is 2.20. The zero-order chi connectivity index (χ0) is 16.3. The topological polar surface area (TPSA) is 74.7 Å². The van der Waals surface area contributed by atoms with Gasteiger partial charge in [-0.15, -0.1) is 0 Å². The first-order chi connectivity index (χ1) is 10.4. The van der Waals surface area contributed by atoms with E-state index in [9.17, 15) is 19.5 Å². The summed E-state index contributed by atoms with van der Waals surface area (Å²) in [5.74, 6) is -1.27. The van der Waals surface area contributed by atoms with Crippen LogP contribution in [0.3, 0.4) is 0 Å². The van der Waals surface area contributed by atoms with Crippen molar-refractivity contribution in [1.29, 1.82) is 0 Å². The Labute approximate surface area is 129 Å². The monoisotopic (exact) mass is 301 g/mol. The summed E-state index contributed by atoms with van der Waals surface area (Å²) in [6.45, 7) is 5.52. The number of carbonyl (C=O) groups excluding carboxylic acids is 2. The molecule has 5 heteroatoms. The highest BCUT2D eigenvalue weighted by Crippen LogP contribution is 2.40. The quantitative estimate of drug-likeness (QED) is 0.645. The highest BCUT2D eigenvalue weighted by atomic mass is 16.4. The van der Waals surface area contributed by atoms with Crippen LogP contribution in [0.25, 0.3) is 0 Å². The molecule has 1 aliphatic rings. The van der Waals surface area contributed by atoms with E-state index in [1.807, 2.05) is 37.3 Å². The van der Waals surface area contributed by atoms with Crippen LogP contribution in [0.2, 0.25) is 0 Å². The smallest absolute Gasteiger partial charge is 0.312 e. The van der Waals surface area contributed by atoms with E-state index in [1.165, 1.54) is 0 Å². The lowest BCUT2D eigenvalue weighted by molar-refractivity contribution is -0.148. The third-order valence-corrected chi connectivity index (χ3v) is 4.22. The van der Waals surface area contributed by atoms with Crippen molar-refractivity contribution in [2.75, 3.05) is 6.54 Å². The van der Waals surface area contributed by atoms with Crippen LogP contribution in [0.1, 0.15) is 31.4 Å². The second-order valence-electron chi connectivity index (χ2n) is 5.82. The third-order valence-electron chi connectivity index (χ3n) is 4.22. The van der Waals surface area contributed by atoms with Crippen LogP contribution in [0.5, 0.6) is 0 Å². The zero-order valence-corrected chi connectivity index (χ0v) is 12.5. The van der Waals surface area contributed by atoms with E-state index in [1.54, 1.807) is 4.90 Å². The molecule has 1 fully saturated rings. The van der Waals surface area contributed by atoms with Gasteiger partial charge in [-0.3, -0.25) is 14.4 Å². The molecule has 1 amide bonds. The van der Waals surface area contributed by atoms with Gasteiger partial charge in [-0.25, -0.2) is 0 Å². The Morgan fingerprint density at radius 1 is 1.45 bits per heavy atom. The minimum Gasteiger partial charge on any atom is -0.481 e. The van der Waals surface area contributed by atoms with Crippen LogP contribution in [0, 0.1) is 5.41 Å². The van der Waals surface area contributed by atoms with Crippen molar-refractivity contribution in [3.05, 3.63) is 48.0 Å². The van der Waals surface area contributed by atoms with Crippen LogP contribution in [0.4, 0.5) is 0 Å². The van der Waals surface area contributed by atoms with E-state index in [4.69, 9.17) is 0 Å². The van der Waals surface area contributed by atoms with E-state index in [0.717, 1.165) is 5.56 Å². The Morgan fingerprint density at radius 2 is 2.09 bits per heavy atom. The zero-order valence-electron chi connectivity index (χ0n) is 12.5. The van der Waals surface area contributed by atoms with Gasteiger partial charge >= 0.3 is 5.97 Å². The fourth-order valence-corrected chi connectivity index (χ4v) is 2.94.